The van der Waals surface area contributed by atoms with E-state index in [4.69, 9.17) is 0 Å². The molecule has 0 saturated carbocycles. The lowest BCUT2D eigenvalue weighted by molar-refractivity contribution is -0.0000154. The van der Waals surface area contributed by atoms with E-state index in [1.165, 1.54) is 29.1 Å². The molecular weight excluding hydrogens is 444 g/mol. The van der Waals surface area contributed by atoms with Crippen LogP contribution in [0.25, 0.3) is 11.4 Å². The molecule has 9 heteroatoms. The number of nitrogens with zero attached hydrogens (tertiary/aromatic N) is 4. The number of hydrogen-bond acceptors (Lipinski definition) is 5. The van der Waals surface area contributed by atoms with Crippen molar-refractivity contribution in [2.45, 2.75) is 6.92 Å². The van der Waals surface area contributed by atoms with E-state index in [2.05, 4.69) is 0 Å². The quantitative estimate of drug-likeness (QED) is 0.413. The molecule has 0 amide bonds. The number of pyridine rings is 1. The number of halogens is 1. The van der Waals surface area contributed by atoms with Crippen LogP contribution in [-0.4, -0.2) is 24.8 Å². The molecule has 0 aliphatic carbocycles. The van der Waals surface area contributed by atoms with Crippen molar-refractivity contribution in [2.75, 3.05) is 0 Å². The van der Waals surface area contributed by atoms with Crippen LogP contribution in [0.2, 0.25) is 0 Å². The third-order valence-corrected chi connectivity index (χ3v) is 5.31. The van der Waals surface area contributed by atoms with E-state index in [-0.39, 0.29) is 42.0 Å². The fourth-order valence-corrected chi connectivity index (χ4v) is 3.61. The van der Waals surface area contributed by atoms with Gasteiger partial charge in [-0.25, -0.2) is 4.68 Å². The van der Waals surface area contributed by atoms with Crippen LogP contribution in [-0.2, 0) is 7.05 Å². The first-order valence-corrected chi connectivity index (χ1v) is 9.69. The second kappa shape index (κ2) is 9.02. The van der Waals surface area contributed by atoms with Crippen LogP contribution in [0.5, 0.6) is 5.75 Å². The predicted octanol–water partition coefficient (Wildman–Crippen LogP) is -0.440. The van der Waals surface area contributed by atoms with Gasteiger partial charge >= 0.3 is 1.43 Å². The lowest BCUT2D eigenvalue weighted by Crippen LogP contribution is -3.00. The molecule has 8 nitrogen and oxygen atoms in total. The molecule has 0 atom stereocenters. The summed E-state index contributed by atoms with van der Waals surface area (Å²) in [6.45, 7) is 1.67. The van der Waals surface area contributed by atoms with Gasteiger partial charge < -0.3 is 17.5 Å². The van der Waals surface area contributed by atoms with Gasteiger partial charge in [0.25, 0.3) is 11.1 Å². The number of para-hydroxylation sites is 2. The molecule has 0 radical (unpaired) electrons. The number of nitriles is 1. The van der Waals surface area contributed by atoms with Gasteiger partial charge in [0.2, 0.25) is 0 Å². The summed E-state index contributed by atoms with van der Waals surface area (Å²) < 4.78 is 4.03. The SMILES string of the molecule is Cc1c(-n2cc(C(=O)c3ccccc3O)cc(C#N)c2=O)c(=O)n(-c2ccccc2)n1C.[Cl-].[H+]. The maximum Gasteiger partial charge on any atom is 1.00 e. The molecule has 4 aromatic rings. The van der Waals surface area contributed by atoms with E-state index in [0.29, 0.717) is 11.4 Å². The molecule has 0 fully saturated rings. The number of ketones is 1. The van der Waals surface area contributed by atoms with E-state index >= 15 is 0 Å². The third kappa shape index (κ3) is 3.86. The maximum atomic E-state index is 13.3. The Labute approximate surface area is 196 Å². The highest BCUT2D eigenvalue weighted by Gasteiger charge is 2.22. The molecule has 2 heterocycles. The third-order valence-electron chi connectivity index (χ3n) is 5.31. The molecule has 166 valence electrons. The largest absolute Gasteiger partial charge is 1.00 e. The van der Waals surface area contributed by atoms with Crippen molar-refractivity contribution in [3.8, 4) is 23.2 Å². The van der Waals surface area contributed by atoms with Crippen molar-refractivity contribution < 1.29 is 23.7 Å². The van der Waals surface area contributed by atoms with Gasteiger partial charge in [-0.1, -0.05) is 30.3 Å². The zero-order valence-electron chi connectivity index (χ0n) is 18.7. The molecule has 0 spiro atoms. The summed E-state index contributed by atoms with van der Waals surface area (Å²) >= 11 is 0. The van der Waals surface area contributed by atoms with Crippen LogP contribution in [0.4, 0.5) is 0 Å². The van der Waals surface area contributed by atoms with Gasteiger partial charge in [0.05, 0.1) is 16.9 Å². The average molecular weight is 463 g/mol. The highest BCUT2D eigenvalue weighted by molar-refractivity contribution is 6.10. The Bertz CT molecular complexity index is 1530. The van der Waals surface area contributed by atoms with Gasteiger partial charge in [-0.3, -0.25) is 23.6 Å². The van der Waals surface area contributed by atoms with Crippen molar-refractivity contribution >= 4 is 5.78 Å². The molecule has 33 heavy (non-hydrogen) atoms. The molecule has 0 aliphatic rings. The van der Waals surface area contributed by atoms with Gasteiger partial charge in [0.15, 0.2) is 5.78 Å². The number of hydrogen-bond donors (Lipinski definition) is 1. The first-order chi connectivity index (χ1) is 15.3. The van der Waals surface area contributed by atoms with E-state index in [9.17, 15) is 24.8 Å². The first kappa shape index (κ1) is 23.3. The van der Waals surface area contributed by atoms with Crippen molar-refractivity contribution in [1.29, 1.82) is 5.26 Å². The Morgan fingerprint density at radius 3 is 2.30 bits per heavy atom. The normalized spacial score (nSPS) is 10.3. The maximum absolute atomic E-state index is 13.3. The molecule has 1 N–H and O–H groups in total. The summed E-state index contributed by atoms with van der Waals surface area (Å²) in [5.74, 6) is -0.804. The number of aromatic nitrogens is 3. The summed E-state index contributed by atoms with van der Waals surface area (Å²) in [5, 5.41) is 19.5. The van der Waals surface area contributed by atoms with E-state index < -0.39 is 16.9 Å². The zero-order valence-corrected chi connectivity index (χ0v) is 18.4. The standard InChI is InChI=1S/C24H18N4O4.ClH/c1-15-21(24(32)28(26(15)2)18-8-4-3-5-9-18)27-14-17(12-16(13-25)23(27)31)22(30)19-10-6-7-11-20(19)29;/h3-12,14,29H,1-2H3;1H. The minimum atomic E-state index is -0.715. The second-order valence-corrected chi connectivity index (χ2v) is 7.19. The minimum Gasteiger partial charge on any atom is -1.00 e. The highest BCUT2D eigenvalue weighted by Crippen LogP contribution is 2.21. The Morgan fingerprint density at radius 1 is 1.03 bits per heavy atom. The molecule has 4 rings (SSSR count). The Hall–Kier alpha value is -4.35. The monoisotopic (exact) mass is 462 g/mol. The van der Waals surface area contributed by atoms with Crippen molar-refractivity contribution in [1.82, 2.24) is 13.9 Å². The van der Waals surface area contributed by atoms with Crippen molar-refractivity contribution in [3.63, 3.8) is 0 Å². The van der Waals surface area contributed by atoms with E-state index in [1.807, 2.05) is 6.07 Å². The molecule has 2 aromatic heterocycles. The molecule has 0 bridgehead atoms. The highest BCUT2D eigenvalue weighted by atomic mass is 35.5. The van der Waals surface area contributed by atoms with Gasteiger partial charge in [-0.15, -0.1) is 0 Å². The second-order valence-electron chi connectivity index (χ2n) is 7.19. The topological polar surface area (TPSA) is 110 Å². The lowest BCUT2D eigenvalue weighted by Gasteiger charge is -2.09. The Balaban J connectivity index is 0.00000204. The van der Waals surface area contributed by atoms with Gasteiger partial charge in [-0.2, -0.15) is 5.26 Å². The average Bonchev–Trinajstić information content (AvgIpc) is 3.02. The summed E-state index contributed by atoms with van der Waals surface area (Å²) in [4.78, 5) is 39.3. The van der Waals surface area contributed by atoms with Gasteiger partial charge in [0.1, 0.15) is 23.1 Å². The summed E-state index contributed by atoms with van der Waals surface area (Å²) in [6.07, 6.45) is 1.23. The fourth-order valence-electron chi connectivity index (χ4n) is 3.61. The van der Waals surface area contributed by atoms with Crippen LogP contribution in [0.3, 0.4) is 0 Å². The van der Waals surface area contributed by atoms with Crippen LogP contribution in [0.15, 0.2) is 76.4 Å². The number of rotatable bonds is 4. The fraction of sp³-hybridized carbons (Fsp3) is 0.0833. The minimum absolute atomic E-state index is 0. The molecule has 2 aromatic carbocycles. The van der Waals surface area contributed by atoms with Crippen LogP contribution >= 0.6 is 0 Å². The van der Waals surface area contributed by atoms with Crippen LogP contribution in [0, 0.1) is 18.3 Å². The van der Waals surface area contributed by atoms with Gasteiger partial charge in [0, 0.05) is 18.8 Å². The number of carbonyl (C=O) groups excluding carboxylic acids is 1. The summed E-state index contributed by atoms with van der Waals surface area (Å²) in [5.41, 5.74) is -0.363. The number of benzene rings is 2. The number of carbonyl (C=O) groups is 1. The van der Waals surface area contributed by atoms with Crippen molar-refractivity contribution in [3.05, 3.63) is 110 Å². The Kier molecular flexibility index (Phi) is 6.38. The summed E-state index contributed by atoms with van der Waals surface area (Å²) in [6, 6.07) is 17.8. The zero-order chi connectivity index (χ0) is 23.0. The van der Waals surface area contributed by atoms with Gasteiger partial charge in [-0.05, 0) is 37.3 Å². The Morgan fingerprint density at radius 2 is 1.67 bits per heavy atom. The molecular formula is C24H19ClN4O4. The summed E-state index contributed by atoms with van der Waals surface area (Å²) in [7, 11) is 1.68. The van der Waals surface area contributed by atoms with Crippen LogP contribution < -0.4 is 23.5 Å². The predicted molar refractivity (Wildman–Crippen MR) is 119 cm³/mol. The van der Waals surface area contributed by atoms with E-state index in [1.54, 1.807) is 61.1 Å². The molecule has 0 unspecified atom stereocenters. The smallest absolute Gasteiger partial charge is 1.00 e. The van der Waals surface area contributed by atoms with Crippen LogP contribution in [0.1, 0.15) is 28.6 Å². The number of phenolic OH excluding ortho intramolecular Hbond substituents is 1. The first-order valence-electron chi connectivity index (χ1n) is 9.69. The molecule has 0 saturated heterocycles. The lowest BCUT2D eigenvalue weighted by atomic mass is 10.0. The van der Waals surface area contributed by atoms with Crippen molar-refractivity contribution in [2.24, 2.45) is 7.05 Å². The molecule has 0 aliphatic heterocycles. The number of aromatic hydroxyl groups is 1. The number of phenols is 1. The van der Waals surface area contributed by atoms with E-state index in [0.717, 1.165) is 4.57 Å².